The van der Waals surface area contributed by atoms with Gasteiger partial charge in [-0.25, -0.2) is 4.79 Å². The van der Waals surface area contributed by atoms with E-state index in [9.17, 15) is 9.59 Å². The number of rotatable bonds is 5. The smallest absolute Gasteiger partial charge is 0.407 e. The van der Waals surface area contributed by atoms with E-state index in [1.165, 1.54) is 7.11 Å². The maximum atomic E-state index is 12.1. The second-order valence-corrected chi connectivity index (χ2v) is 4.68. The lowest BCUT2D eigenvalue weighted by Gasteiger charge is -2.19. The first-order chi connectivity index (χ1) is 10.7. The summed E-state index contributed by atoms with van der Waals surface area (Å²) in [5.41, 5.74) is 1.47. The Kier molecular flexibility index (Phi) is 5.54. The molecular formula is C17H18N2O3. The highest BCUT2D eigenvalue weighted by molar-refractivity contribution is 5.94. The number of carbonyl (C=O) groups is 2. The molecule has 2 rings (SSSR count). The van der Waals surface area contributed by atoms with Crippen molar-refractivity contribution in [3.8, 4) is 0 Å². The van der Waals surface area contributed by atoms with E-state index in [1.807, 2.05) is 36.4 Å². The highest BCUT2D eigenvalue weighted by atomic mass is 16.5. The molecule has 0 bridgehead atoms. The maximum Gasteiger partial charge on any atom is 0.407 e. The van der Waals surface area contributed by atoms with E-state index < -0.39 is 6.09 Å². The van der Waals surface area contributed by atoms with Crippen LogP contribution in [0.5, 0.6) is 0 Å². The van der Waals surface area contributed by atoms with Crippen LogP contribution in [-0.2, 0) is 4.74 Å². The van der Waals surface area contributed by atoms with Crippen molar-refractivity contribution in [3.63, 3.8) is 0 Å². The predicted octanol–water partition coefficient (Wildman–Crippen LogP) is 2.51. The van der Waals surface area contributed by atoms with Crippen molar-refractivity contribution in [1.82, 2.24) is 10.6 Å². The zero-order valence-electron chi connectivity index (χ0n) is 12.3. The minimum Gasteiger partial charge on any atom is -0.453 e. The lowest BCUT2D eigenvalue weighted by Crippen LogP contribution is -2.37. The van der Waals surface area contributed by atoms with Crippen LogP contribution in [0.4, 0.5) is 4.79 Å². The molecular weight excluding hydrogens is 280 g/mol. The van der Waals surface area contributed by atoms with Crippen LogP contribution in [0.1, 0.15) is 22.0 Å². The van der Waals surface area contributed by atoms with Crippen LogP contribution in [0.25, 0.3) is 0 Å². The van der Waals surface area contributed by atoms with E-state index in [-0.39, 0.29) is 18.5 Å². The largest absolute Gasteiger partial charge is 0.453 e. The van der Waals surface area contributed by atoms with Gasteiger partial charge in [-0.15, -0.1) is 0 Å². The zero-order chi connectivity index (χ0) is 15.8. The van der Waals surface area contributed by atoms with Crippen molar-refractivity contribution in [2.75, 3.05) is 13.7 Å². The number of alkyl carbamates (subject to hydrolysis) is 1. The van der Waals surface area contributed by atoms with Crippen LogP contribution < -0.4 is 10.6 Å². The van der Waals surface area contributed by atoms with Crippen LogP contribution in [0.3, 0.4) is 0 Å². The molecule has 2 amide bonds. The van der Waals surface area contributed by atoms with Gasteiger partial charge in [0.15, 0.2) is 0 Å². The molecule has 1 atom stereocenters. The molecule has 22 heavy (non-hydrogen) atoms. The summed E-state index contributed by atoms with van der Waals surface area (Å²) in [5, 5.41) is 5.53. The molecule has 0 aromatic heterocycles. The Labute approximate surface area is 129 Å². The van der Waals surface area contributed by atoms with Crippen molar-refractivity contribution in [2.24, 2.45) is 0 Å². The number of carbonyl (C=O) groups excluding carboxylic acids is 2. The molecule has 0 aliphatic carbocycles. The van der Waals surface area contributed by atoms with Crippen molar-refractivity contribution in [1.29, 1.82) is 0 Å². The molecule has 0 fully saturated rings. The Hall–Kier alpha value is -2.82. The Morgan fingerprint density at radius 2 is 1.59 bits per heavy atom. The van der Waals surface area contributed by atoms with Crippen LogP contribution in [-0.4, -0.2) is 25.7 Å². The summed E-state index contributed by atoms with van der Waals surface area (Å²) in [6, 6.07) is 18.0. The summed E-state index contributed by atoms with van der Waals surface area (Å²) in [5.74, 6) is -0.187. The summed E-state index contributed by atoms with van der Waals surface area (Å²) in [6.07, 6.45) is -0.539. The van der Waals surface area contributed by atoms with Gasteiger partial charge in [0.25, 0.3) is 5.91 Å². The molecule has 2 N–H and O–H groups in total. The summed E-state index contributed by atoms with van der Waals surface area (Å²) in [4.78, 5) is 23.5. The minimum absolute atomic E-state index is 0.187. The van der Waals surface area contributed by atoms with Crippen LogP contribution in [0.15, 0.2) is 60.7 Å². The van der Waals surface area contributed by atoms with Gasteiger partial charge in [0.2, 0.25) is 0 Å². The molecule has 0 aliphatic rings. The van der Waals surface area contributed by atoms with Crippen LogP contribution in [0.2, 0.25) is 0 Å². The normalized spacial score (nSPS) is 11.3. The quantitative estimate of drug-likeness (QED) is 0.891. The number of benzene rings is 2. The molecule has 1 unspecified atom stereocenters. The molecule has 5 heteroatoms. The van der Waals surface area contributed by atoms with Crippen molar-refractivity contribution in [2.45, 2.75) is 6.04 Å². The van der Waals surface area contributed by atoms with Crippen molar-refractivity contribution < 1.29 is 14.3 Å². The lowest BCUT2D eigenvalue weighted by atomic mass is 10.1. The van der Waals surface area contributed by atoms with E-state index in [0.29, 0.717) is 5.56 Å². The minimum atomic E-state index is -0.539. The highest BCUT2D eigenvalue weighted by Crippen LogP contribution is 2.12. The number of nitrogens with one attached hydrogen (secondary N) is 2. The molecule has 2 aromatic rings. The average molecular weight is 298 g/mol. The number of hydrogen-bond donors (Lipinski definition) is 2. The first-order valence-corrected chi connectivity index (χ1v) is 6.93. The summed E-state index contributed by atoms with van der Waals surface area (Å²) in [7, 11) is 1.31. The molecule has 0 saturated heterocycles. The SMILES string of the molecule is COC(=O)NC(CNC(=O)c1ccccc1)c1ccccc1. The second-order valence-electron chi connectivity index (χ2n) is 4.68. The number of ether oxygens (including phenoxy) is 1. The van der Waals surface area contributed by atoms with Gasteiger partial charge in [0, 0.05) is 12.1 Å². The van der Waals surface area contributed by atoms with E-state index in [2.05, 4.69) is 15.4 Å². The van der Waals surface area contributed by atoms with Crippen LogP contribution >= 0.6 is 0 Å². The summed E-state index contributed by atoms with van der Waals surface area (Å²) >= 11 is 0. The Balaban J connectivity index is 2.04. The molecule has 2 aromatic carbocycles. The topological polar surface area (TPSA) is 67.4 Å². The molecule has 0 aliphatic heterocycles. The number of methoxy groups -OCH3 is 1. The fourth-order valence-electron chi connectivity index (χ4n) is 2.03. The van der Waals surface area contributed by atoms with Gasteiger partial charge in [0.05, 0.1) is 13.2 Å². The monoisotopic (exact) mass is 298 g/mol. The molecule has 0 heterocycles. The first-order valence-electron chi connectivity index (χ1n) is 6.93. The van der Waals surface area contributed by atoms with Gasteiger partial charge in [-0.05, 0) is 17.7 Å². The van der Waals surface area contributed by atoms with E-state index in [1.54, 1.807) is 24.3 Å². The van der Waals surface area contributed by atoms with Gasteiger partial charge in [-0.2, -0.15) is 0 Å². The summed E-state index contributed by atoms with van der Waals surface area (Å²) in [6.45, 7) is 0.271. The average Bonchev–Trinajstić information content (AvgIpc) is 2.59. The van der Waals surface area contributed by atoms with Gasteiger partial charge in [0.1, 0.15) is 0 Å². The Bertz CT molecular complexity index is 614. The maximum absolute atomic E-state index is 12.1. The zero-order valence-corrected chi connectivity index (χ0v) is 12.3. The standard InChI is InChI=1S/C17H18N2O3/c1-22-17(21)19-15(13-8-4-2-5-9-13)12-18-16(20)14-10-6-3-7-11-14/h2-11,15H,12H2,1H3,(H,18,20)(H,19,21). The molecule has 0 radical (unpaired) electrons. The highest BCUT2D eigenvalue weighted by Gasteiger charge is 2.16. The van der Waals surface area contributed by atoms with Crippen molar-refractivity contribution >= 4 is 12.0 Å². The van der Waals surface area contributed by atoms with Gasteiger partial charge in [-0.3, -0.25) is 4.79 Å². The van der Waals surface area contributed by atoms with Gasteiger partial charge < -0.3 is 15.4 Å². The number of hydrogen-bond acceptors (Lipinski definition) is 3. The van der Waals surface area contributed by atoms with Gasteiger partial charge in [-0.1, -0.05) is 48.5 Å². The van der Waals surface area contributed by atoms with Crippen molar-refractivity contribution in [3.05, 3.63) is 71.8 Å². The summed E-state index contributed by atoms with van der Waals surface area (Å²) < 4.78 is 4.63. The van der Waals surface area contributed by atoms with E-state index >= 15 is 0 Å². The number of amides is 2. The molecule has 0 spiro atoms. The third-order valence-corrected chi connectivity index (χ3v) is 3.18. The van der Waals surface area contributed by atoms with E-state index in [4.69, 9.17) is 0 Å². The van der Waals surface area contributed by atoms with Gasteiger partial charge >= 0.3 is 6.09 Å². The third-order valence-electron chi connectivity index (χ3n) is 3.18. The third kappa shape index (κ3) is 4.34. The predicted molar refractivity (Wildman–Crippen MR) is 83.5 cm³/mol. The molecule has 5 nitrogen and oxygen atoms in total. The fourth-order valence-corrected chi connectivity index (χ4v) is 2.03. The molecule has 0 saturated carbocycles. The van der Waals surface area contributed by atoms with E-state index in [0.717, 1.165) is 5.56 Å². The second kappa shape index (κ2) is 7.83. The lowest BCUT2D eigenvalue weighted by molar-refractivity contribution is 0.0947. The Morgan fingerprint density at radius 3 is 2.18 bits per heavy atom. The Morgan fingerprint density at radius 1 is 1.00 bits per heavy atom. The first kappa shape index (κ1) is 15.6. The fraction of sp³-hybridized carbons (Fsp3) is 0.176. The van der Waals surface area contributed by atoms with Crippen LogP contribution in [0, 0.1) is 0 Å². The molecule has 114 valence electrons.